The fourth-order valence-corrected chi connectivity index (χ4v) is 6.42. The Bertz CT molecular complexity index is 731. The Labute approximate surface area is 172 Å². The van der Waals surface area contributed by atoms with E-state index in [2.05, 4.69) is 16.0 Å². The van der Waals surface area contributed by atoms with Crippen LogP contribution in [-0.4, -0.2) is 23.5 Å². The molecule has 4 saturated carbocycles. The molecule has 2 atom stereocenters. The normalized spacial score (nSPS) is 32.6. The number of halogens is 1. The summed E-state index contributed by atoms with van der Waals surface area (Å²) in [4.78, 5) is 25.1. The summed E-state index contributed by atoms with van der Waals surface area (Å²) in [6.07, 6.45) is 7.17. The van der Waals surface area contributed by atoms with Crippen molar-refractivity contribution in [1.29, 1.82) is 0 Å². The van der Waals surface area contributed by atoms with Gasteiger partial charge in [-0.25, -0.2) is 4.79 Å². The fraction of sp³-hybridized carbons (Fsp3) is 0.636. The SMILES string of the molecule is C[C@H](N[C@H](C)C(=O)NC(=O)NC12CC3CC(CC(C3)C1)C2)c1ccccc1Cl. The van der Waals surface area contributed by atoms with Gasteiger partial charge in [0, 0.05) is 16.6 Å². The molecular formula is C22H30ClN3O2. The maximum atomic E-state index is 12.6. The average Bonchev–Trinajstić information content (AvgIpc) is 2.60. The molecule has 0 saturated heterocycles. The molecule has 4 fully saturated rings. The van der Waals surface area contributed by atoms with Gasteiger partial charge < -0.3 is 5.32 Å². The summed E-state index contributed by atoms with van der Waals surface area (Å²) in [7, 11) is 0. The third kappa shape index (κ3) is 4.06. The number of amides is 3. The van der Waals surface area contributed by atoms with Crippen LogP contribution in [0.5, 0.6) is 0 Å². The van der Waals surface area contributed by atoms with Crippen molar-refractivity contribution in [2.75, 3.05) is 0 Å². The van der Waals surface area contributed by atoms with Crippen LogP contribution in [0.15, 0.2) is 24.3 Å². The minimum absolute atomic E-state index is 0.0966. The summed E-state index contributed by atoms with van der Waals surface area (Å²) in [6, 6.07) is 6.61. The second kappa shape index (κ2) is 7.68. The first-order chi connectivity index (χ1) is 13.3. The van der Waals surface area contributed by atoms with Crippen molar-refractivity contribution in [3.8, 4) is 0 Å². The summed E-state index contributed by atoms with van der Waals surface area (Å²) in [6.45, 7) is 3.72. The van der Waals surface area contributed by atoms with Gasteiger partial charge in [0.1, 0.15) is 0 Å². The van der Waals surface area contributed by atoms with Crippen LogP contribution in [0, 0.1) is 17.8 Å². The van der Waals surface area contributed by atoms with Crippen LogP contribution < -0.4 is 16.0 Å². The average molecular weight is 404 g/mol. The van der Waals surface area contributed by atoms with E-state index in [4.69, 9.17) is 11.6 Å². The molecule has 0 unspecified atom stereocenters. The summed E-state index contributed by atoms with van der Waals surface area (Å²) in [5.41, 5.74) is 0.836. The van der Waals surface area contributed by atoms with E-state index in [-0.39, 0.29) is 23.5 Å². The van der Waals surface area contributed by atoms with Crippen LogP contribution >= 0.6 is 11.6 Å². The number of nitrogens with one attached hydrogen (secondary N) is 3. The van der Waals surface area contributed by atoms with E-state index in [0.29, 0.717) is 5.02 Å². The largest absolute Gasteiger partial charge is 0.332 e. The molecule has 0 aliphatic heterocycles. The van der Waals surface area contributed by atoms with Gasteiger partial charge in [-0.1, -0.05) is 29.8 Å². The molecule has 0 radical (unpaired) electrons. The molecule has 1 aromatic rings. The van der Waals surface area contributed by atoms with E-state index in [9.17, 15) is 9.59 Å². The molecule has 3 amide bonds. The van der Waals surface area contributed by atoms with E-state index >= 15 is 0 Å². The number of rotatable bonds is 5. The number of hydrogen-bond acceptors (Lipinski definition) is 3. The Morgan fingerprint density at radius 3 is 2.18 bits per heavy atom. The highest BCUT2D eigenvalue weighted by atomic mass is 35.5. The molecule has 5 rings (SSSR count). The zero-order valence-electron chi connectivity index (χ0n) is 16.6. The van der Waals surface area contributed by atoms with Gasteiger partial charge in [0.05, 0.1) is 6.04 Å². The maximum absolute atomic E-state index is 12.6. The first-order valence-electron chi connectivity index (χ1n) is 10.5. The Balaban J connectivity index is 1.31. The highest BCUT2D eigenvalue weighted by Crippen LogP contribution is 2.55. The van der Waals surface area contributed by atoms with Gasteiger partial charge in [0.15, 0.2) is 0 Å². The second-order valence-corrected chi connectivity index (χ2v) is 9.68. The molecule has 4 aliphatic carbocycles. The van der Waals surface area contributed by atoms with Crippen molar-refractivity contribution in [1.82, 2.24) is 16.0 Å². The van der Waals surface area contributed by atoms with E-state index in [1.165, 1.54) is 19.3 Å². The van der Waals surface area contributed by atoms with Crippen LogP contribution in [0.3, 0.4) is 0 Å². The molecular weight excluding hydrogens is 374 g/mol. The molecule has 3 N–H and O–H groups in total. The molecule has 4 aliphatic rings. The van der Waals surface area contributed by atoms with E-state index in [0.717, 1.165) is 42.6 Å². The van der Waals surface area contributed by atoms with E-state index in [1.54, 1.807) is 6.92 Å². The number of imide groups is 1. The Kier molecular flexibility index (Phi) is 5.41. The number of carbonyl (C=O) groups excluding carboxylic acids is 2. The Morgan fingerprint density at radius 2 is 1.61 bits per heavy atom. The van der Waals surface area contributed by atoms with Crippen LogP contribution in [0.25, 0.3) is 0 Å². The molecule has 5 nitrogen and oxygen atoms in total. The van der Waals surface area contributed by atoms with Crippen molar-refractivity contribution < 1.29 is 9.59 Å². The summed E-state index contributed by atoms with van der Waals surface area (Å²) >= 11 is 6.23. The monoisotopic (exact) mass is 403 g/mol. The van der Waals surface area contributed by atoms with Crippen molar-refractivity contribution in [3.63, 3.8) is 0 Å². The lowest BCUT2D eigenvalue weighted by molar-refractivity contribution is -0.121. The molecule has 1 aromatic carbocycles. The zero-order valence-corrected chi connectivity index (χ0v) is 17.4. The minimum Gasteiger partial charge on any atom is -0.332 e. The van der Waals surface area contributed by atoms with Crippen LogP contribution in [-0.2, 0) is 4.79 Å². The summed E-state index contributed by atoms with van der Waals surface area (Å²) in [5.74, 6) is 1.93. The van der Waals surface area contributed by atoms with Crippen molar-refractivity contribution >= 4 is 23.5 Å². The van der Waals surface area contributed by atoms with Gasteiger partial charge in [0.2, 0.25) is 5.91 Å². The maximum Gasteiger partial charge on any atom is 0.321 e. The van der Waals surface area contributed by atoms with Gasteiger partial charge in [-0.2, -0.15) is 0 Å². The predicted octanol–water partition coefficient (Wildman–Crippen LogP) is 4.17. The summed E-state index contributed by atoms with van der Waals surface area (Å²) < 4.78 is 0. The fourth-order valence-electron chi connectivity index (χ4n) is 6.12. The molecule has 0 spiro atoms. The lowest BCUT2D eigenvalue weighted by atomic mass is 9.53. The zero-order chi connectivity index (χ0) is 19.9. The molecule has 28 heavy (non-hydrogen) atoms. The highest BCUT2D eigenvalue weighted by Gasteiger charge is 2.51. The third-order valence-corrected chi connectivity index (χ3v) is 7.26. The summed E-state index contributed by atoms with van der Waals surface area (Å²) in [5, 5.41) is 9.61. The molecule has 0 aromatic heterocycles. The van der Waals surface area contributed by atoms with Gasteiger partial charge in [-0.15, -0.1) is 0 Å². The Morgan fingerprint density at radius 1 is 1.04 bits per heavy atom. The third-order valence-electron chi connectivity index (χ3n) is 6.92. The van der Waals surface area contributed by atoms with E-state index in [1.807, 2.05) is 31.2 Å². The topological polar surface area (TPSA) is 70.2 Å². The number of urea groups is 1. The van der Waals surface area contributed by atoms with Crippen molar-refractivity contribution in [2.45, 2.75) is 70.0 Å². The predicted molar refractivity (Wildman–Crippen MR) is 110 cm³/mol. The van der Waals surface area contributed by atoms with Crippen molar-refractivity contribution in [2.24, 2.45) is 17.8 Å². The molecule has 152 valence electrons. The molecule has 0 heterocycles. The lowest BCUT2D eigenvalue weighted by Crippen LogP contribution is -2.62. The minimum atomic E-state index is -0.506. The standard InChI is InChI=1S/C22H30ClN3O2/c1-13(18-5-3-4-6-19(18)23)24-14(2)20(27)25-21(28)26-22-10-15-7-16(11-22)9-17(8-15)12-22/h3-6,13-17,24H,7-12H2,1-2H3,(H2,25,26,27,28)/t13-,14+,15?,16?,17?,22?/m0/s1. The lowest BCUT2D eigenvalue weighted by Gasteiger charge is -2.56. The first kappa shape index (κ1) is 19.7. The van der Waals surface area contributed by atoms with Gasteiger partial charge >= 0.3 is 6.03 Å². The molecule has 6 heteroatoms. The number of carbonyl (C=O) groups is 2. The molecule has 4 bridgehead atoms. The second-order valence-electron chi connectivity index (χ2n) is 9.27. The highest BCUT2D eigenvalue weighted by molar-refractivity contribution is 6.31. The smallest absolute Gasteiger partial charge is 0.321 e. The van der Waals surface area contributed by atoms with Gasteiger partial charge in [-0.05, 0) is 81.8 Å². The number of hydrogen-bond donors (Lipinski definition) is 3. The Hall–Kier alpha value is -1.59. The number of benzene rings is 1. The van der Waals surface area contributed by atoms with Crippen LogP contribution in [0.1, 0.15) is 64.0 Å². The van der Waals surface area contributed by atoms with Crippen LogP contribution in [0.4, 0.5) is 4.79 Å². The quantitative estimate of drug-likeness (QED) is 0.690. The van der Waals surface area contributed by atoms with E-state index < -0.39 is 6.04 Å². The first-order valence-corrected chi connectivity index (χ1v) is 10.8. The van der Waals surface area contributed by atoms with Crippen LogP contribution in [0.2, 0.25) is 5.02 Å². The van der Waals surface area contributed by atoms with Crippen molar-refractivity contribution in [3.05, 3.63) is 34.9 Å². The van der Waals surface area contributed by atoms with Gasteiger partial charge in [0.25, 0.3) is 0 Å². The van der Waals surface area contributed by atoms with Gasteiger partial charge in [-0.3, -0.25) is 15.4 Å².